The molecule has 162 valence electrons. The first-order valence-corrected chi connectivity index (χ1v) is 11.3. The lowest BCUT2D eigenvalue weighted by molar-refractivity contribution is 0.0697. The highest BCUT2D eigenvalue weighted by molar-refractivity contribution is 5.95. The molecule has 1 aliphatic carbocycles. The third kappa shape index (κ3) is 5.19. The zero-order chi connectivity index (χ0) is 21.6. The fraction of sp³-hybridized carbons (Fsp3) is 0.440. The van der Waals surface area contributed by atoms with Crippen molar-refractivity contribution in [3.8, 4) is 11.3 Å². The summed E-state index contributed by atoms with van der Waals surface area (Å²) in [5.74, 6) is 1.72. The van der Waals surface area contributed by atoms with Gasteiger partial charge in [0.25, 0.3) is 0 Å². The maximum absolute atomic E-state index is 11.5. The van der Waals surface area contributed by atoms with Crippen LogP contribution in [0.4, 0.5) is 0 Å². The van der Waals surface area contributed by atoms with Gasteiger partial charge in [0, 0.05) is 31.1 Å². The summed E-state index contributed by atoms with van der Waals surface area (Å²) in [4.78, 5) is 20.9. The highest BCUT2D eigenvalue weighted by Crippen LogP contribution is 2.26. The smallest absolute Gasteiger partial charge is 0.336 e. The van der Waals surface area contributed by atoms with Crippen LogP contribution in [0.1, 0.15) is 73.0 Å². The van der Waals surface area contributed by atoms with Gasteiger partial charge in [-0.1, -0.05) is 63.3 Å². The first kappa shape index (κ1) is 21.2. The van der Waals surface area contributed by atoms with Gasteiger partial charge in [-0.25, -0.2) is 14.5 Å². The lowest BCUT2D eigenvalue weighted by Crippen LogP contribution is -2.10. The van der Waals surface area contributed by atoms with Crippen LogP contribution in [0, 0.1) is 5.92 Å². The number of aromatic carboxylic acids is 1. The van der Waals surface area contributed by atoms with Gasteiger partial charge in [0.1, 0.15) is 5.82 Å². The minimum atomic E-state index is -0.945. The Hall–Kier alpha value is -3.02. The first-order valence-electron chi connectivity index (χ1n) is 11.3. The van der Waals surface area contributed by atoms with Crippen LogP contribution in [0.2, 0.25) is 0 Å². The fourth-order valence-electron chi connectivity index (χ4n) is 4.45. The maximum atomic E-state index is 11.5. The Balaban J connectivity index is 1.51. The number of carbonyl (C=O) groups is 1. The van der Waals surface area contributed by atoms with Crippen LogP contribution in [-0.4, -0.2) is 30.8 Å². The molecule has 0 aliphatic heterocycles. The average molecular weight is 419 g/mol. The summed E-state index contributed by atoms with van der Waals surface area (Å²) >= 11 is 0. The fourth-order valence-corrected chi connectivity index (χ4v) is 4.45. The number of carboxylic acid groups (broad SMARTS) is 1. The number of pyridine rings is 1. The Morgan fingerprint density at radius 1 is 1.13 bits per heavy atom. The van der Waals surface area contributed by atoms with Gasteiger partial charge in [-0.2, -0.15) is 5.10 Å². The van der Waals surface area contributed by atoms with Gasteiger partial charge in [0.2, 0.25) is 0 Å². The Bertz CT molecular complexity index is 1020. The Morgan fingerprint density at radius 3 is 2.65 bits per heavy atom. The molecule has 0 saturated heterocycles. The highest BCUT2D eigenvalue weighted by Gasteiger charge is 2.18. The minimum absolute atomic E-state index is 0.262. The molecule has 1 aromatic carbocycles. The normalized spacial score (nSPS) is 14.6. The zero-order valence-electron chi connectivity index (χ0n) is 18.1. The molecule has 1 saturated carbocycles. The van der Waals surface area contributed by atoms with E-state index in [0.717, 1.165) is 36.6 Å². The number of hydrogen-bond donors (Lipinski definition) is 1. The zero-order valence-corrected chi connectivity index (χ0v) is 18.1. The van der Waals surface area contributed by atoms with Crippen LogP contribution in [0.15, 0.2) is 42.6 Å². The van der Waals surface area contributed by atoms with Crippen molar-refractivity contribution in [2.75, 3.05) is 0 Å². The van der Waals surface area contributed by atoms with Crippen LogP contribution < -0.4 is 0 Å². The number of aromatic nitrogens is 4. The van der Waals surface area contributed by atoms with E-state index >= 15 is 0 Å². The van der Waals surface area contributed by atoms with E-state index in [4.69, 9.17) is 10.1 Å². The number of carboxylic acids is 1. The lowest BCUT2D eigenvalue weighted by atomic mass is 9.87. The maximum Gasteiger partial charge on any atom is 0.336 e. The molecule has 0 spiro atoms. The van der Waals surface area contributed by atoms with Crippen molar-refractivity contribution in [3.05, 3.63) is 65.4 Å². The summed E-state index contributed by atoms with van der Waals surface area (Å²) in [5, 5.41) is 14.2. The van der Waals surface area contributed by atoms with E-state index in [1.54, 1.807) is 18.2 Å². The van der Waals surface area contributed by atoms with Crippen LogP contribution in [0.3, 0.4) is 0 Å². The predicted molar refractivity (Wildman–Crippen MR) is 120 cm³/mol. The second kappa shape index (κ2) is 9.86. The molecular weight excluding hydrogens is 388 g/mol. The molecule has 6 nitrogen and oxygen atoms in total. The third-order valence-corrected chi connectivity index (χ3v) is 6.04. The molecule has 2 heterocycles. The molecule has 6 heteroatoms. The van der Waals surface area contributed by atoms with Crippen molar-refractivity contribution in [2.45, 2.75) is 64.8 Å². The molecule has 0 amide bonds. The molecule has 2 aromatic heterocycles. The molecule has 1 aliphatic rings. The van der Waals surface area contributed by atoms with Crippen molar-refractivity contribution in [3.63, 3.8) is 0 Å². The molecule has 0 unspecified atom stereocenters. The van der Waals surface area contributed by atoms with Crippen LogP contribution in [0.25, 0.3) is 11.3 Å². The summed E-state index contributed by atoms with van der Waals surface area (Å²) in [6.45, 7) is 3.02. The number of hydrogen-bond acceptors (Lipinski definition) is 4. The minimum Gasteiger partial charge on any atom is -0.478 e. The van der Waals surface area contributed by atoms with Crippen molar-refractivity contribution >= 4 is 5.97 Å². The molecule has 1 N–H and O–H groups in total. The first-order chi connectivity index (χ1) is 15.1. The van der Waals surface area contributed by atoms with Crippen molar-refractivity contribution in [1.29, 1.82) is 0 Å². The van der Waals surface area contributed by atoms with Gasteiger partial charge in [-0.3, -0.25) is 4.98 Å². The van der Waals surface area contributed by atoms with Crippen LogP contribution >= 0.6 is 0 Å². The molecule has 0 bridgehead atoms. The number of rotatable bonds is 8. The summed E-state index contributed by atoms with van der Waals surface area (Å²) < 4.78 is 2.05. The third-order valence-electron chi connectivity index (χ3n) is 6.04. The number of benzene rings is 1. The van der Waals surface area contributed by atoms with Gasteiger partial charge in [0.05, 0.1) is 11.3 Å². The SMILES string of the molecule is CCCn1nc(CC2CCCCC2)nc1Cc1ccc(-c2ccccc2C(=O)O)nc1. The Labute approximate surface area is 183 Å². The van der Waals surface area contributed by atoms with Gasteiger partial charge < -0.3 is 5.11 Å². The number of aryl methyl sites for hydroxylation is 1. The van der Waals surface area contributed by atoms with Crippen molar-refractivity contribution in [1.82, 2.24) is 19.7 Å². The summed E-state index contributed by atoms with van der Waals surface area (Å²) in [6.07, 6.45) is 11.1. The van der Waals surface area contributed by atoms with Crippen LogP contribution in [0.5, 0.6) is 0 Å². The molecule has 0 radical (unpaired) electrons. The second-order valence-electron chi connectivity index (χ2n) is 8.45. The largest absolute Gasteiger partial charge is 0.478 e. The topological polar surface area (TPSA) is 80.9 Å². The van der Waals surface area contributed by atoms with Crippen molar-refractivity contribution < 1.29 is 9.90 Å². The predicted octanol–water partition coefficient (Wildman–Crippen LogP) is 5.16. The molecule has 31 heavy (non-hydrogen) atoms. The average Bonchev–Trinajstić information content (AvgIpc) is 3.16. The van der Waals surface area contributed by atoms with Crippen molar-refractivity contribution in [2.24, 2.45) is 5.92 Å². The van der Waals surface area contributed by atoms with E-state index in [0.29, 0.717) is 23.6 Å². The van der Waals surface area contributed by atoms with Gasteiger partial charge in [0.15, 0.2) is 5.82 Å². The van der Waals surface area contributed by atoms with Gasteiger partial charge >= 0.3 is 5.97 Å². The van der Waals surface area contributed by atoms with E-state index in [9.17, 15) is 9.90 Å². The number of nitrogens with zero attached hydrogens (tertiary/aromatic N) is 4. The summed E-state index contributed by atoms with van der Waals surface area (Å²) in [7, 11) is 0. The summed E-state index contributed by atoms with van der Waals surface area (Å²) in [6, 6.07) is 10.9. The summed E-state index contributed by atoms with van der Waals surface area (Å²) in [5.41, 5.74) is 2.60. The molecule has 3 aromatic rings. The standard InChI is InChI=1S/C25H30N4O2/c1-2-14-29-24(27-23(28-29)15-18-8-4-3-5-9-18)16-19-12-13-22(26-17-19)20-10-6-7-11-21(20)25(30)31/h6-7,10-13,17-18H,2-5,8-9,14-16H2,1H3,(H,30,31). The highest BCUT2D eigenvalue weighted by atomic mass is 16.4. The van der Waals surface area contributed by atoms with E-state index in [1.165, 1.54) is 32.1 Å². The van der Waals surface area contributed by atoms with E-state index in [-0.39, 0.29) is 5.56 Å². The Kier molecular flexibility index (Phi) is 6.75. The van der Waals surface area contributed by atoms with E-state index in [1.807, 2.05) is 29.1 Å². The van der Waals surface area contributed by atoms with Gasteiger partial charge in [-0.15, -0.1) is 0 Å². The lowest BCUT2D eigenvalue weighted by Gasteiger charge is -2.19. The molecule has 0 atom stereocenters. The van der Waals surface area contributed by atoms with E-state index in [2.05, 4.69) is 11.9 Å². The monoisotopic (exact) mass is 418 g/mol. The molecule has 1 fully saturated rings. The van der Waals surface area contributed by atoms with E-state index < -0.39 is 5.97 Å². The molecular formula is C25H30N4O2. The Morgan fingerprint density at radius 2 is 1.94 bits per heavy atom. The quantitative estimate of drug-likeness (QED) is 0.546. The van der Waals surface area contributed by atoms with Crippen LogP contribution in [-0.2, 0) is 19.4 Å². The molecule has 4 rings (SSSR count). The van der Waals surface area contributed by atoms with Gasteiger partial charge in [-0.05, 0) is 30.0 Å². The second-order valence-corrected chi connectivity index (χ2v) is 8.45.